The van der Waals surface area contributed by atoms with Crippen molar-refractivity contribution in [3.8, 4) is 17.0 Å². The fourth-order valence-corrected chi connectivity index (χ4v) is 4.32. The lowest BCUT2D eigenvalue weighted by Crippen LogP contribution is -2.43. The number of amides is 1. The number of hydrogen-bond donors (Lipinski definition) is 1. The molecule has 0 unspecified atom stereocenters. The fourth-order valence-electron chi connectivity index (χ4n) is 3.40. The molecule has 7 nitrogen and oxygen atoms in total. The molecule has 1 aliphatic heterocycles. The van der Waals surface area contributed by atoms with E-state index in [9.17, 15) is 4.79 Å². The minimum Gasteiger partial charge on any atom is -0.497 e. The van der Waals surface area contributed by atoms with E-state index in [1.54, 1.807) is 18.4 Å². The quantitative estimate of drug-likeness (QED) is 0.731. The van der Waals surface area contributed by atoms with Crippen LogP contribution in [0.5, 0.6) is 5.75 Å². The molecule has 8 heteroatoms. The van der Waals surface area contributed by atoms with E-state index in [1.165, 1.54) is 0 Å². The maximum atomic E-state index is 12.2. The molecule has 0 saturated carbocycles. The van der Waals surface area contributed by atoms with Crippen LogP contribution in [0.15, 0.2) is 30.5 Å². The molecule has 1 aromatic carbocycles. The summed E-state index contributed by atoms with van der Waals surface area (Å²) in [5, 5.41) is 8.56. The molecule has 3 aromatic rings. The zero-order valence-electron chi connectivity index (χ0n) is 15.5. The van der Waals surface area contributed by atoms with Gasteiger partial charge in [-0.3, -0.25) is 4.79 Å². The van der Waals surface area contributed by atoms with E-state index in [-0.39, 0.29) is 11.8 Å². The molecule has 27 heavy (non-hydrogen) atoms. The van der Waals surface area contributed by atoms with Gasteiger partial charge in [-0.25, -0.2) is 9.50 Å². The van der Waals surface area contributed by atoms with Gasteiger partial charge in [-0.15, -0.1) is 5.10 Å². The number of nitrogens with one attached hydrogen (secondary N) is 1. The Bertz CT molecular complexity index is 902. The van der Waals surface area contributed by atoms with Crippen molar-refractivity contribution in [3.05, 3.63) is 30.5 Å². The Kier molecular flexibility index (Phi) is 4.98. The molecule has 0 spiro atoms. The normalized spacial score (nSPS) is 17.3. The Hall–Kier alpha value is -2.61. The molecule has 4 rings (SSSR count). The predicted molar refractivity (Wildman–Crippen MR) is 106 cm³/mol. The van der Waals surface area contributed by atoms with Crippen LogP contribution in [0.25, 0.3) is 16.2 Å². The summed E-state index contributed by atoms with van der Waals surface area (Å²) in [5.41, 5.74) is 1.92. The maximum Gasteiger partial charge on any atom is 0.224 e. The van der Waals surface area contributed by atoms with Gasteiger partial charge in [-0.2, -0.15) is 0 Å². The molecule has 2 aromatic heterocycles. The van der Waals surface area contributed by atoms with Gasteiger partial charge in [-0.05, 0) is 44.0 Å². The fraction of sp³-hybridized carbons (Fsp3) is 0.421. The molecule has 1 fully saturated rings. The first-order valence-electron chi connectivity index (χ1n) is 9.21. The topological polar surface area (TPSA) is 71.8 Å². The Morgan fingerprint density at radius 1 is 1.37 bits per heavy atom. The molecule has 1 saturated heterocycles. The van der Waals surface area contributed by atoms with E-state index in [0.717, 1.165) is 46.5 Å². The van der Waals surface area contributed by atoms with Crippen LogP contribution >= 0.6 is 11.3 Å². The largest absolute Gasteiger partial charge is 0.497 e. The summed E-state index contributed by atoms with van der Waals surface area (Å²) >= 11 is 1.56. The Balaban J connectivity index is 1.52. The molecule has 0 radical (unpaired) electrons. The second-order valence-electron chi connectivity index (χ2n) is 6.65. The Morgan fingerprint density at radius 3 is 2.89 bits per heavy atom. The SMILES string of the molecule is CCNC(=O)[C@@H]1CCCN(c2nn3cc(-c4ccc(OC)cc4)nc3s2)C1. The van der Waals surface area contributed by atoms with Crippen LogP contribution in [0.3, 0.4) is 0 Å². The summed E-state index contributed by atoms with van der Waals surface area (Å²) < 4.78 is 7.03. The van der Waals surface area contributed by atoms with E-state index in [2.05, 4.69) is 10.2 Å². The highest BCUT2D eigenvalue weighted by Crippen LogP contribution is 2.30. The monoisotopic (exact) mass is 385 g/mol. The lowest BCUT2D eigenvalue weighted by atomic mass is 9.97. The van der Waals surface area contributed by atoms with Crippen LogP contribution in [-0.4, -0.2) is 47.2 Å². The number of methoxy groups -OCH3 is 1. The summed E-state index contributed by atoms with van der Waals surface area (Å²) in [4.78, 5) is 19.9. The van der Waals surface area contributed by atoms with E-state index >= 15 is 0 Å². The average molecular weight is 385 g/mol. The van der Waals surface area contributed by atoms with E-state index in [0.29, 0.717) is 13.1 Å². The minimum atomic E-state index is 0.0322. The summed E-state index contributed by atoms with van der Waals surface area (Å²) in [6.45, 7) is 4.27. The molecule has 1 aliphatic rings. The van der Waals surface area contributed by atoms with E-state index in [4.69, 9.17) is 14.8 Å². The number of imidazole rings is 1. The van der Waals surface area contributed by atoms with Crippen LogP contribution in [0.1, 0.15) is 19.8 Å². The second kappa shape index (κ2) is 7.56. The molecule has 1 atom stereocenters. The van der Waals surface area contributed by atoms with Gasteiger partial charge < -0.3 is 15.0 Å². The van der Waals surface area contributed by atoms with Gasteiger partial charge in [0.2, 0.25) is 16.0 Å². The van der Waals surface area contributed by atoms with Crippen molar-refractivity contribution in [1.82, 2.24) is 19.9 Å². The van der Waals surface area contributed by atoms with E-state index in [1.807, 2.05) is 41.9 Å². The molecular weight excluding hydrogens is 362 g/mol. The highest BCUT2D eigenvalue weighted by Gasteiger charge is 2.27. The van der Waals surface area contributed by atoms with Crippen LogP contribution in [-0.2, 0) is 4.79 Å². The number of carbonyl (C=O) groups excluding carboxylic acids is 1. The van der Waals surface area contributed by atoms with Crippen LogP contribution in [0.2, 0.25) is 0 Å². The highest BCUT2D eigenvalue weighted by atomic mass is 32.1. The first kappa shape index (κ1) is 17.8. The van der Waals surface area contributed by atoms with Crippen molar-refractivity contribution in [2.24, 2.45) is 5.92 Å². The first-order valence-corrected chi connectivity index (χ1v) is 10.0. The van der Waals surface area contributed by atoms with Gasteiger partial charge in [0.15, 0.2) is 0 Å². The summed E-state index contributed by atoms with van der Waals surface area (Å²) in [7, 11) is 1.66. The van der Waals surface area contributed by atoms with Crippen molar-refractivity contribution >= 4 is 27.3 Å². The molecule has 1 amide bonds. The number of rotatable bonds is 5. The van der Waals surface area contributed by atoms with E-state index < -0.39 is 0 Å². The number of fused-ring (bicyclic) bond motifs is 1. The second-order valence-corrected chi connectivity index (χ2v) is 7.58. The number of anilines is 1. The number of nitrogens with zero attached hydrogens (tertiary/aromatic N) is 4. The molecule has 142 valence electrons. The third kappa shape index (κ3) is 3.62. The molecule has 0 aliphatic carbocycles. The smallest absolute Gasteiger partial charge is 0.224 e. The van der Waals surface area contributed by atoms with Gasteiger partial charge >= 0.3 is 0 Å². The number of benzene rings is 1. The standard InChI is InChI=1S/C19H23N5O2S/c1-3-20-17(25)14-5-4-10-23(11-14)19-22-24-12-16(21-18(24)27-19)13-6-8-15(26-2)9-7-13/h6-9,12,14H,3-5,10-11H2,1-2H3,(H,20,25)/t14-/m1/s1. The van der Waals surface area contributed by atoms with Crippen molar-refractivity contribution in [2.45, 2.75) is 19.8 Å². The Labute approximate surface area is 162 Å². The van der Waals surface area contributed by atoms with Gasteiger partial charge in [0.25, 0.3) is 0 Å². The summed E-state index contributed by atoms with van der Waals surface area (Å²) in [6.07, 6.45) is 3.88. The number of hydrogen-bond acceptors (Lipinski definition) is 6. The molecule has 0 bridgehead atoms. The number of ether oxygens (including phenoxy) is 1. The van der Waals surface area contributed by atoms with Crippen LogP contribution in [0, 0.1) is 5.92 Å². The molecule has 3 heterocycles. The highest BCUT2D eigenvalue weighted by molar-refractivity contribution is 7.20. The van der Waals surface area contributed by atoms with Crippen LogP contribution in [0.4, 0.5) is 5.13 Å². The maximum absolute atomic E-state index is 12.2. The van der Waals surface area contributed by atoms with Crippen LogP contribution < -0.4 is 15.0 Å². The number of carbonyl (C=O) groups is 1. The van der Waals surface area contributed by atoms with Crippen molar-refractivity contribution < 1.29 is 9.53 Å². The zero-order valence-corrected chi connectivity index (χ0v) is 16.3. The molecular formula is C19H23N5O2S. The zero-order chi connectivity index (χ0) is 18.8. The average Bonchev–Trinajstić information content (AvgIpc) is 3.28. The predicted octanol–water partition coefficient (Wildman–Crippen LogP) is 2.82. The van der Waals surface area contributed by atoms with Gasteiger partial charge in [0.1, 0.15) is 5.75 Å². The Morgan fingerprint density at radius 2 is 2.19 bits per heavy atom. The lowest BCUT2D eigenvalue weighted by Gasteiger charge is -2.31. The molecule has 1 N–H and O–H groups in total. The third-order valence-corrected chi connectivity index (χ3v) is 5.82. The summed E-state index contributed by atoms with van der Waals surface area (Å²) in [5.74, 6) is 1.00. The number of aromatic nitrogens is 3. The van der Waals surface area contributed by atoms with Crippen molar-refractivity contribution in [2.75, 3.05) is 31.6 Å². The van der Waals surface area contributed by atoms with Gasteiger partial charge in [0, 0.05) is 25.2 Å². The van der Waals surface area contributed by atoms with Crippen molar-refractivity contribution in [3.63, 3.8) is 0 Å². The van der Waals surface area contributed by atoms with Gasteiger partial charge in [-0.1, -0.05) is 11.3 Å². The van der Waals surface area contributed by atoms with Crippen molar-refractivity contribution in [1.29, 1.82) is 0 Å². The third-order valence-electron chi connectivity index (χ3n) is 4.83. The van der Waals surface area contributed by atoms with Gasteiger partial charge in [0.05, 0.1) is 24.9 Å². The lowest BCUT2D eigenvalue weighted by molar-refractivity contribution is -0.125. The first-order chi connectivity index (χ1) is 13.2. The summed E-state index contributed by atoms with van der Waals surface area (Å²) in [6, 6.07) is 7.84. The minimum absolute atomic E-state index is 0.0322. The number of piperidine rings is 1.